The van der Waals surface area contributed by atoms with Crippen LogP contribution in [0.3, 0.4) is 0 Å². The Bertz CT molecular complexity index is 1050. The van der Waals surface area contributed by atoms with Gasteiger partial charge in [-0.15, -0.1) is 10.2 Å². The van der Waals surface area contributed by atoms with E-state index in [1.165, 1.54) is 35.9 Å². The van der Waals surface area contributed by atoms with Gasteiger partial charge in [0.1, 0.15) is 0 Å². The maximum atomic E-state index is 12.8. The third-order valence-electron chi connectivity index (χ3n) is 4.73. The fourth-order valence-electron chi connectivity index (χ4n) is 2.93. The van der Waals surface area contributed by atoms with Crippen molar-refractivity contribution in [1.82, 2.24) is 15.5 Å². The highest BCUT2D eigenvalue weighted by Gasteiger charge is 2.22. The minimum Gasteiger partial charge on any atom is -0.357 e. The van der Waals surface area contributed by atoms with E-state index in [-0.39, 0.29) is 23.6 Å². The first-order valence-corrected chi connectivity index (χ1v) is 11.9. The van der Waals surface area contributed by atoms with E-state index < -0.39 is 0 Å². The highest BCUT2D eigenvalue weighted by atomic mass is 32.2. The topological polar surface area (TPSA) is 96.0 Å². The molecule has 1 saturated carbocycles. The van der Waals surface area contributed by atoms with Crippen molar-refractivity contribution in [1.29, 1.82) is 0 Å². The zero-order chi connectivity index (χ0) is 21.6. The molecule has 0 radical (unpaired) electrons. The van der Waals surface area contributed by atoms with Gasteiger partial charge in [0, 0.05) is 6.04 Å². The van der Waals surface area contributed by atoms with Crippen molar-refractivity contribution in [3.05, 3.63) is 65.7 Å². The van der Waals surface area contributed by atoms with Gasteiger partial charge in [0.05, 0.1) is 23.0 Å². The number of nitrogens with one attached hydrogen (secondary N) is 3. The maximum absolute atomic E-state index is 12.8. The number of thioether (sulfide) groups is 1. The van der Waals surface area contributed by atoms with Gasteiger partial charge in [-0.25, -0.2) is 0 Å². The zero-order valence-electron chi connectivity index (χ0n) is 17.0. The largest absolute Gasteiger partial charge is 0.357 e. The Morgan fingerprint density at radius 3 is 2.61 bits per heavy atom. The lowest BCUT2D eigenvalue weighted by Crippen LogP contribution is -2.28. The summed E-state index contributed by atoms with van der Waals surface area (Å²) in [6.45, 7) is 1.93. The average Bonchev–Trinajstić information content (AvgIpc) is 3.48. The molecule has 0 aliphatic heterocycles. The van der Waals surface area contributed by atoms with Crippen LogP contribution in [0.15, 0.2) is 58.9 Å². The van der Waals surface area contributed by atoms with Crippen molar-refractivity contribution >= 4 is 45.7 Å². The molecular formula is C22H23N5O2S2. The molecule has 2 aromatic carbocycles. The summed E-state index contributed by atoms with van der Waals surface area (Å²) in [7, 11) is 0. The van der Waals surface area contributed by atoms with E-state index in [9.17, 15) is 9.59 Å². The van der Waals surface area contributed by atoms with E-state index in [2.05, 4.69) is 26.1 Å². The molecule has 0 bridgehead atoms. The Morgan fingerprint density at radius 1 is 1.10 bits per heavy atom. The van der Waals surface area contributed by atoms with Crippen LogP contribution in [-0.4, -0.2) is 33.8 Å². The summed E-state index contributed by atoms with van der Waals surface area (Å²) in [6, 6.07) is 17.1. The number of benzene rings is 2. The third kappa shape index (κ3) is 6.05. The molecule has 1 aliphatic carbocycles. The molecule has 0 saturated heterocycles. The first-order chi connectivity index (χ1) is 15.1. The molecule has 3 aromatic rings. The molecule has 0 unspecified atom stereocenters. The molecule has 3 N–H and O–H groups in total. The Labute approximate surface area is 189 Å². The summed E-state index contributed by atoms with van der Waals surface area (Å²) in [5, 5.41) is 18.1. The molecular weight excluding hydrogens is 430 g/mol. The smallest absolute Gasteiger partial charge is 0.253 e. The second-order valence-electron chi connectivity index (χ2n) is 7.28. The van der Waals surface area contributed by atoms with Gasteiger partial charge in [-0.1, -0.05) is 65.6 Å². The summed E-state index contributed by atoms with van der Waals surface area (Å²) < 4.78 is 0.737. The lowest BCUT2D eigenvalue weighted by atomic mass is 10.1. The number of rotatable bonds is 9. The zero-order valence-corrected chi connectivity index (χ0v) is 18.6. The predicted octanol–water partition coefficient (Wildman–Crippen LogP) is 4.33. The van der Waals surface area contributed by atoms with Crippen LogP contribution in [0, 0.1) is 0 Å². The second-order valence-corrected chi connectivity index (χ2v) is 9.48. The van der Waals surface area contributed by atoms with E-state index in [0.29, 0.717) is 17.3 Å². The SMILES string of the molecule is C[C@H](NC(=O)c1ccccc1NC(=O)CSc1nnc(NC2CC2)s1)c1ccccc1. The molecule has 2 amide bonds. The van der Waals surface area contributed by atoms with Gasteiger partial charge >= 0.3 is 0 Å². The number of carbonyl (C=O) groups excluding carboxylic acids is 2. The van der Waals surface area contributed by atoms with E-state index in [1.807, 2.05) is 37.3 Å². The van der Waals surface area contributed by atoms with Gasteiger partial charge in [-0.05, 0) is 37.5 Å². The summed E-state index contributed by atoms with van der Waals surface area (Å²) in [4.78, 5) is 25.3. The third-order valence-corrected chi connectivity index (χ3v) is 6.72. The van der Waals surface area contributed by atoms with Crippen LogP contribution in [0.4, 0.5) is 10.8 Å². The molecule has 31 heavy (non-hydrogen) atoms. The minimum absolute atomic E-state index is 0.149. The maximum Gasteiger partial charge on any atom is 0.253 e. The van der Waals surface area contributed by atoms with Crippen LogP contribution in [0.2, 0.25) is 0 Å². The fraction of sp³-hybridized carbons (Fsp3) is 0.273. The van der Waals surface area contributed by atoms with Gasteiger partial charge < -0.3 is 16.0 Å². The summed E-state index contributed by atoms with van der Waals surface area (Å²) in [6.07, 6.45) is 2.34. The Morgan fingerprint density at radius 2 is 1.84 bits per heavy atom. The number of carbonyl (C=O) groups is 2. The van der Waals surface area contributed by atoms with Gasteiger partial charge in [0.25, 0.3) is 5.91 Å². The summed E-state index contributed by atoms with van der Waals surface area (Å²) in [5.41, 5.74) is 1.93. The Kier molecular flexibility index (Phi) is 6.83. The summed E-state index contributed by atoms with van der Waals surface area (Å²) in [5.74, 6) is -0.248. The molecule has 0 spiro atoms. The molecule has 160 valence electrons. The van der Waals surface area contributed by atoms with E-state index in [0.717, 1.165) is 15.0 Å². The molecule has 1 atom stereocenters. The van der Waals surface area contributed by atoms with Crippen molar-refractivity contribution in [2.45, 2.75) is 36.2 Å². The molecule has 1 heterocycles. The van der Waals surface area contributed by atoms with Gasteiger partial charge in [0.2, 0.25) is 11.0 Å². The van der Waals surface area contributed by atoms with Crippen molar-refractivity contribution in [3.8, 4) is 0 Å². The Hall–Kier alpha value is -2.91. The van der Waals surface area contributed by atoms with Crippen molar-refractivity contribution in [2.75, 3.05) is 16.4 Å². The van der Waals surface area contributed by atoms with Crippen LogP contribution in [-0.2, 0) is 4.79 Å². The molecule has 4 rings (SSSR count). The van der Waals surface area contributed by atoms with E-state index >= 15 is 0 Å². The highest BCUT2D eigenvalue weighted by Crippen LogP contribution is 2.30. The molecule has 9 heteroatoms. The van der Waals surface area contributed by atoms with Crippen molar-refractivity contribution in [2.24, 2.45) is 0 Å². The number of hydrogen-bond acceptors (Lipinski definition) is 7. The van der Waals surface area contributed by atoms with Crippen LogP contribution in [0.5, 0.6) is 0 Å². The fourth-order valence-corrected chi connectivity index (χ4v) is 4.56. The summed E-state index contributed by atoms with van der Waals surface area (Å²) >= 11 is 2.78. The Balaban J connectivity index is 1.33. The number of para-hydroxylation sites is 1. The standard InChI is InChI=1S/C22H23N5O2S2/c1-14(15-7-3-2-4-8-15)23-20(29)17-9-5-6-10-18(17)25-19(28)13-30-22-27-26-21(31-22)24-16-11-12-16/h2-10,14,16H,11-13H2,1H3,(H,23,29)(H,24,26)(H,25,28)/t14-/m0/s1. The number of aromatic nitrogens is 2. The molecule has 7 nitrogen and oxygen atoms in total. The van der Waals surface area contributed by atoms with E-state index in [4.69, 9.17) is 0 Å². The van der Waals surface area contributed by atoms with Crippen molar-refractivity contribution < 1.29 is 9.59 Å². The number of hydrogen-bond donors (Lipinski definition) is 3. The van der Waals surface area contributed by atoms with Crippen molar-refractivity contribution in [3.63, 3.8) is 0 Å². The molecule has 1 aromatic heterocycles. The van der Waals surface area contributed by atoms with Crippen LogP contribution >= 0.6 is 23.1 Å². The average molecular weight is 454 g/mol. The van der Waals surface area contributed by atoms with Gasteiger partial charge in [-0.3, -0.25) is 9.59 Å². The van der Waals surface area contributed by atoms with Crippen LogP contribution in [0.1, 0.15) is 41.7 Å². The van der Waals surface area contributed by atoms with Crippen LogP contribution < -0.4 is 16.0 Å². The lowest BCUT2D eigenvalue weighted by Gasteiger charge is -2.16. The first-order valence-electron chi connectivity index (χ1n) is 10.1. The highest BCUT2D eigenvalue weighted by molar-refractivity contribution is 8.01. The van der Waals surface area contributed by atoms with E-state index in [1.54, 1.807) is 24.3 Å². The lowest BCUT2D eigenvalue weighted by molar-refractivity contribution is -0.113. The molecule has 1 aliphatic rings. The molecule has 1 fully saturated rings. The monoisotopic (exact) mass is 453 g/mol. The van der Waals surface area contributed by atoms with Gasteiger partial charge in [0.15, 0.2) is 4.34 Å². The number of nitrogens with zero attached hydrogens (tertiary/aromatic N) is 2. The normalized spacial score (nSPS) is 14.0. The first kappa shape index (κ1) is 21.3. The number of anilines is 2. The predicted molar refractivity (Wildman–Crippen MR) is 125 cm³/mol. The quantitative estimate of drug-likeness (QED) is 0.417. The number of amides is 2. The van der Waals surface area contributed by atoms with Gasteiger partial charge in [-0.2, -0.15) is 0 Å². The minimum atomic E-state index is -0.236. The van der Waals surface area contributed by atoms with Crippen LogP contribution in [0.25, 0.3) is 0 Å². The second kappa shape index (κ2) is 9.93.